The molecule has 4 rings (SSSR count). The summed E-state index contributed by atoms with van der Waals surface area (Å²) in [5, 5.41) is 18.1. The predicted molar refractivity (Wildman–Crippen MR) is 192 cm³/mol. The zero-order chi connectivity index (χ0) is 37.2. The number of hydrogen-bond acceptors (Lipinski definition) is 8. The molecule has 0 unspecified atom stereocenters. The highest BCUT2D eigenvalue weighted by Gasteiger charge is 2.47. The molecule has 0 saturated heterocycles. The Balaban J connectivity index is 0.00000702. The normalized spacial score (nSPS) is 17.4. The Bertz CT molecular complexity index is 1990. The van der Waals surface area contributed by atoms with Gasteiger partial charge in [0.2, 0.25) is 5.69 Å². The average molecular weight is 749 g/mol. The van der Waals surface area contributed by atoms with Crippen molar-refractivity contribution in [3.8, 4) is 0 Å². The maximum absolute atomic E-state index is 12.1. The van der Waals surface area contributed by atoms with Crippen LogP contribution in [-0.4, -0.2) is 76.9 Å². The summed E-state index contributed by atoms with van der Waals surface area (Å²) in [6.45, 7) is 11.0. The molecular weight excluding hydrogens is 701 g/mol. The number of anilines is 1. The van der Waals surface area contributed by atoms with E-state index in [1.54, 1.807) is 12.1 Å². The lowest BCUT2D eigenvalue weighted by Crippen LogP contribution is -2.31. The maximum atomic E-state index is 12.1. The van der Waals surface area contributed by atoms with Gasteiger partial charge < -0.3 is 20.6 Å². The van der Waals surface area contributed by atoms with Gasteiger partial charge in [0.1, 0.15) is 6.54 Å². The summed E-state index contributed by atoms with van der Waals surface area (Å²) < 4.78 is 70.0. The van der Waals surface area contributed by atoms with E-state index < -0.39 is 43.0 Å². The monoisotopic (exact) mass is 748 g/mol. The number of aliphatic carboxylic acids is 2. The summed E-state index contributed by atoms with van der Waals surface area (Å²) in [5.74, 6) is -1.70. The van der Waals surface area contributed by atoms with Gasteiger partial charge in [-0.15, -0.1) is 0 Å². The Morgan fingerprint density at radius 3 is 1.84 bits per heavy atom. The van der Waals surface area contributed by atoms with Crippen LogP contribution < -0.4 is 4.90 Å². The summed E-state index contributed by atoms with van der Waals surface area (Å²) in [4.78, 5) is 23.8. The van der Waals surface area contributed by atoms with Gasteiger partial charge in [-0.05, 0) is 88.4 Å². The van der Waals surface area contributed by atoms with Crippen LogP contribution in [0.25, 0.3) is 0 Å². The molecule has 0 spiro atoms. The molecule has 0 amide bonds. The largest absolute Gasteiger partial charge is 0.870 e. The van der Waals surface area contributed by atoms with Crippen molar-refractivity contribution < 1.29 is 55.8 Å². The van der Waals surface area contributed by atoms with E-state index in [0.717, 1.165) is 39.5 Å². The van der Waals surface area contributed by atoms with Crippen molar-refractivity contribution in [3.05, 3.63) is 70.9 Å². The number of nitrogens with zero attached hydrogens (tertiary/aromatic N) is 2. The first-order chi connectivity index (χ1) is 23.2. The molecule has 0 aromatic heterocycles. The first-order valence-corrected chi connectivity index (χ1v) is 19.5. The summed E-state index contributed by atoms with van der Waals surface area (Å²) in [6.07, 6.45) is 7.91. The summed E-state index contributed by atoms with van der Waals surface area (Å²) in [5.41, 5.74) is 4.34. The lowest BCUT2D eigenvalue weighted by molar-refractivity contribution is -0.438. The molecule has 2 aliphatic rings. The third-order valence-corrected chi connectivity index (χ3v) is 11.4. The van der Waals surface area contributed by atoms with E-state index in [-0.39, 0.29) is 28.1 Å². The third kappa shape index (κ3) is 9.13. The summed E-state index contributed by atoms with van der Waals surface area (Å²) >= 11 is 0. The number of carboxylic acids is 2. The van der Waals surface area contributed by atoms with Crippen molar-refractivity contribution in [2.24, 2.45) is 0 Å². The first kappa shape index (κ1) is 41.5. The Morgan fingerprint density at radius 1 is 0.765 bits per heavy atom. The number of carbonyl (C=O) groups is 2. The van der Waals surface area contributed by atoms with Gasteiger partial charge in [0, 0.05) is 59.8 Å². The number of hydrogen-bond donors (Lipinski definition) is 4. The minimum atomic E-state index is -4.45. The molecule has 0 saturated carbocycles. The molecule has 0 radical (unpaired) electrons. The molecule has 2 heterocycles. The second kappa shape index (κ2) is 15.8. The zero-order valence-corrected chi connectivity index (χ0v) is 31.2. The molecule has 5 N–H and O–H groups in total. The Morgan fingerprint density at radius 2 is 1.29 bits per heavy atom. The molecule has 15 heteroatoms. The van der Waals surface area contributed by atoms with Crippen LogP contribution in [-0.2, 0) is 40.7 Å². The molecule has 51 heavy (non-hydrogen) atoms. The van der Waals surface area contributed by atoms with Crippen molar-refractivity contribution >= 4 is 49.3 Å². The Labute approximate surface area is 299 Å². The van der Waals surface area contributed by atoms with Gasteiger partial charge in [-0.3, -0.25) is 18.7 Å². The predicted octanol–water partition coefficient (Wildman–Crippen LogP) is 6.30. The topological polar surface area (TPSA) is 220 Å². The molecule has 0 aliphatic carbocycles. The molecule has 280 valence electrons. The molecule has 0 fully saturated rings. The lowest BCUT2D eigenvalue weighted by atomic mass is 9.78. The third-order valence-electron chi connectivity index (χ3n) is 9.66. The van der Waals surface area contributed by atoms with Gasteiger partial charge in [0.25, 0.3) is 20.2 Å². The van der Waals surface area contributed by atoms with Gasteiger partial charge in [-0.25, -0.2) is 0 Å². The SMILES string of the molecule is C/C(=C/C=C1\N(CCCCCC(=O)O)c2ccc(S(=O)(=O)O)cc2C1(C)C)C1=[N+](CCCCCC(=O)O)c2ccc(S(=O)(=O)O)cc2C1(C)C.[OH-]. The Hall–Kier alpha value is -3.89. The highest BCUT2D eigenvalue weighted by Crippen LogP contribution is 2.49. The fourth-order valence-corrected chi connectivity index (χ4v) is 8.23. The second-order valence-corrected chi connectivity index (χ2v) is 16.9. The van der Waals surface area contributed by atoms with Gasteiger partial charge in [0.05, 0.1) is 15.2 Å². The number of unbranched alkanes of at least 4 members (excludes halogenated alkanes) is 4. The zero-order valence-electron chi connectivity index (χ0n) is 29.6. The maximum Gasteiger partial charge on any atom is 0.303 e. The average Bonchev–Trinajstić information content (AvgIpc) is 3.36. The molecule has 0 atom stereocenters. The molecule has 0 bridgehead atoms. The van der Waals surface area contributed by atoms with Crippen LogP contribution >= 0.6 is 0 Å². The van der Waals surface area contributed by atoms with Crippen LogP contribution in [0.15, 0.2) is 69.6 Å². The first-order valence-electron chi connectivity index (χ1n) is 16.7. The summed E-state index contributed by atoms with van der Waals surface area (Å²) in [7, 11) is -8.90. The number of fused-ring (bicyclic) bond motifs is 2. The van der Waals surface area contributed by atoms with Crippen molar-refractivity contribution in [2.75, 3.05) is 18.0 Å². The van der Waals surface area contributed by atoms with Gasteiger partial charge >= 0.3 is 11.9 Å². The number of carboxylic acid groups (broad SMARTS) is 2. The van der Waals surface area contributed by atoms with Crippen molar-refractivity contribution in [1.29, 1.82) is 0 Å². The van der Waals surface area contributed by atoms with Crippen LogP contribution in [0.4, 0.5) is 11.4 Å². The van der Waals surface area contributed by atoms with E-state index in [1.807, 2.05) is 46.8 Å². The molecular formula is C36H48N2O11S2. The minimum Gasteiger partial charge on any atom is -0.870 e. The van der Waals surface area contributed by atoms with E-state index >= 15 is 0 Å². The van der Waals surface area contributed by atoms with Crippen molar-refractivity contribution in [3.63, 3.8) is 0 Å². The van der Waals surface area contributed by atoms with E-state index in [4.69, 9.17) is 10.2 Å². The van der Waals surface area contributed by atoms with Crippen molar-refractivity contribution in [2.45, 2.75) is 107 Å². The smallest absolute Gasteiger partial charge is 0.303 e. The fraction of sp³-hybridized carbons (Fsp3) is 0.472. The standard InChI is InChI=1S/C36H46N2O10S2.H2O/c1-24(34-36(4,5)28-23-26(50(46,47)48)16-18-30(28)38(34)21-11-7-9-13-33(41)42)14-19-31-35(2,3)27-22-25(49(43,44)45)15-17-29(27)37(31)20-10-6-8-12-32(39)40;/h14-19,22-23H,6-13,20-21H2,1-5H3,(H3-,39,40,41,42,43,44,45,46,47,48);1H2. The highest BCUT2D eigenvalue weighted by atomic mass is 32.2. The van der Waals surface area contributed by atoms with Crippen LogP contribution in [0.3, 0.4) is 0 Å². The number of benzene rings is 2. The highest BCUT2D eigenvalue weighted by molar-refractivity contribution is 7.86. The quantitative estimate of drug-likeness (QED) is 0.0845. The van der Waals surface area contributed by atoms with E-state index in [1.165, 1.54) is 24.3 Å². The van der Waals surface area contributed by atoms with Crippen LogP contribution in [0.5, 0.6) is 0 Å². The molecule has 2 aromatic carbocycles. The van der Waals surface area contributed by atoms with Crippen LogP contribution in [0, 0.1) is 0 Å². The molecule has 2 aliphatic heterocycles. The number of rotatable bonds is 16. The molecule has 13 nitrogen and oxygen atoms in total. The van der Waals surface area contributed by atoms with Gasteiger partial charge in [-0.1, -0.05) is 26.3 Å². The lowest BCUT2D eigenvalue weighted by Gasteiger charge is -2.27. The van der Waals surface area contributed by atoms with E-state index in [2.05, 4.69) is 9.48 Å². The fourth-order valence-electron chi connectivity index (χ4n) is 7.22. The number of allylic oxidation sites excluding steroid dienone is 4. The van der Waals surface area contributed by atoms with E-state index in [0.29, 0.717) is 51.6 Å². The van der Waals surface area contributed by atoms with Crippen molar-refractivity contribution in [1.82, 2.24) is 0 Å². The van der Waals surface area contributed by atoms with Gasteiger partial charge in [0.15, 0.2) is 5.71 Å². The molecule has 2 aromatic rings. The van der Waals surface area contributed by atoms with E-state index in [9.17, 15) is 35.5 Å². The van der Waals surface area contributed by atoms with Crippen LogP contribution in [0.1, 0.15) is 97.1 Å². The Kier molecular flexibility index (Phi) is 12.9. The second-order valence-electron chi connectivity index (χ2n) is 14.0. The van der Waals surface area contributed by atoms with Gasteiger partial charge in [-0.2, -0.15) is 21.4 Å². The minimum absolute atomic E-state index is 0. The van der Waals surface area contributed by atoms with Crippen LogP contribution in [0.2, 0.25) is 0 Å². The summed E-state index contributed by atoms with van der Waals surface area (Å²) in [6, 6.07) is 9.10.